The van der Waals surface area contributed by atoms with Crippen molar-refractivity contribution in [1.29, 1.82) is 0 Å². The third kappa shape index (κ3) is 1.73. The molecule has 0 radical (unpaired) electrons. The Kier molecular flexibility index (Phi) is 2.25. The van der Waals surface area contributed by atoms with E-state index >= 15 is 0 Å². The van der Waals surface area contributed by atoms with E-state index in [0.717, 1.165) is 5.76 Å². The van der Waals surface area contributed by atoms with Gasteiger partial charge in [0.15, 0.2) is 5.82 Å². The van der Waals surface area contributed by atoms with Crippen LogP contribution in [0, 0.1) is 0 Å². The van der Waals surface area contributed by atoms with E-state index in [2.05, 4.69) is 20.5 Å². The van der Waals surface area contributed by atoms with E-state index in [1.54, 1.807) is 25.0 Å². The number of rotatable bonds is 3. The molecule has 3 heterocycles. The molecule has 0 aliphatic rings. The molecule has 86 valence electrons. The van der Waals surface area contributed by atoms with Crippen LogP contribution in [-0.4, -0.2) is 19.6 Å². The van der Waals surface area contributed by atoms with E-state index < -0.39 is 0 Å². The molecule has 0 aliphatic carbocycles. The standard InChI is InChI=1S/C11H11N5O/c1-8(9-3-2-6-17-9)14-10-11-15-13-7-16(11)5-4-12-10/h2-8H,1H3,(H,12,14). The van der Waals surface area contributed by atoms with Gasteiger partial charge in [0.05, 0.1) is 12.3 Å². The van der Waals surface area contributed by atoms with Gasteiger partial charge in [-0.25, -0.2) is 4.98 Å². The Hall–Kier alpha value is -2.37. The van der Waals surface area contributed by atoms with Crippen LogP contribution in [0.4, 0.5) is 5.82 Å². The number of hydrogen-bond acceptors (Lipinski definition) is 5. The molecule has 0 fully saturated rings. The Morgan fingerprint density at radius 2 is 2.41 bits per heavy atom. The van der Waals surface area contributed by atoms with Gasteiger partial charge in [-0.15, -0.1) is 10.2 Å². The van der Waals surface area contributed by atoms with E-state index in [-0.39, 0.29) is 6.04 Å². The molecule has 0 spiro atoms. The average Bonchev–Trinajstić information content (AvgIpc) is 3.00. The van der Waals surface area contributed by atoms with Crippen molar-refractivity contribution < 1.29 is 4.42 Å². The predicted octanol–water partition coefficient (Wildman–Crippen LogP) is 1.89. The van der Waals surface area contributed by atoms with Crippen LogP contribution in [0.5, 0.6) is 0 Å². The third-order valence-electron chi connectivity index (χ3n) is 2.54. The summed E-state index contributed by atoms with van der Waals surface area (Å²) in [7, 11) is 0. The van der Waals surface area contributed by atoms with Crippen molar-refractivity contribution in [3.8, 4) is 0 Å². The van der Waals surface area contributed by atoms with E-state index in [1.807, 2.05) is 23.5 Å². The summed E-state index contributed by atoms with van der Waals surface area (Å²) in [4.78, 5) is 4.25. The maximum Gasteiger partial charge on any atom is 0.203 e. The highest BCUT2D eigenvalue weighted by molar-refractivity contribution is 5.61. The molecule has 1 unspecified atom stereocenters. The van der Waals surface area contributed by atoms with Gasteiger partial charge in [-0.05, 0) is 19.1 Å². The van der Waals surface area contributed by atoms with Gasteiger partial charge in [-0.2, -0.15) is 0 Å². The Morgan fingerprint density at radius 3 is 3.24 bits per heavy atom. The summed E-state index contributed by atoms with van der Waals surface area (Å²) in [5.41, 5.74) is 0.700. The number of nitrogens with one attached hydrogen (secondary N) is 1. The summed E-state index contributed by atoms with van der Waals surface area (Å²) in [5, 5.41) is 11.1. The normalized spacial score (nSPS) is 12.8. The largest absolute Gasteiger partial charge is 0.467 e. The Bertz CT molecular complexity index is 616. The van der Waals surface area contributed by atoms with Gasteiger partial charge in [0, 0.05) is 12.4 Å². The van der Waals surface area contributed by atoms with Crippen molar-refractivity contribution in [3.63, 3.8) is 0 Å². The van der Waals surface area contributed by atoms with E-state index in [4.69, 9.17) is 4.42 Å². The molecule has 0 saturated carbocycles. The molecule has 3 rings (SSSR count). The first kappa shape index (κ1) is 9.83. The smallest absolute Gasteiger partial charge is 0.203 e. The summed E-state index contributed by atoms with van der Waals surface area (Å²) in [6, 6.07) is 3.81. The monoisotopic (exact) mass is 229 g/mol. The molecule has 0 aliphatic heterocycles. The van der Waals surface area contributed by atoms with Crippen LogP contribution in [0.1, 0.15) is 18.7 Å². The van der Waals surface area contributed by atoms with Crippen LogP contribution in [0.15, 0.2) is 41.5 Å². The van der Waals surface area contributed by atoms with Gasteiger partial charge in [-0.3, -0.25) is 4.40 Å². The second kappa shape index (κ2) is 3.89. The number of anilines is 1. The van der Waals surface area contributed by atoms with Crippen LogP contribution in [0.25, 0.3) is 5.65 Å². The zero-order valence-electron chi connectivity index (χ0n) is 9.24. The molecule has 3 aromatic rings. The minimum absolute atomic E-state index is 0.0281. The first-order valence-electron chi connectivity index (χ1n) is 5.29. The Labute approximate surface area is 97.3 Å². The summed E-state index contributed by atoms with van der Waals surface area (Å²) in [6.45, 7) is 2.00. The summed E-state index contributed by atoms with van der Waals surface area (Å²) >= 11 is 0. The minimum Gasteiger partial charge on any atom is -0.467 e. The molecular formula is C11H11N5O. The number of fused-ring (bicyclic) bond motifs is 1. The van der Waals surface area contributed by atoms with Crippen LogP contribution in [0.2, 0.25) is 0 Å². The van der Waals surface area contributed by atoms with Gasteiger partial charge in [0.1, 0.15) is 12.1 Å². The van der Waals surface area contributed by atoms with Crippen molar-refractivity contribution in [1.82, 2.24) is 19.6 Å². The molecule has 0 saturated heterocycles. The van der Waals surface area contributed by atoms with Gasteiger partial charge >= 0.3 is 0 Å². The van der Waals surface area contributed by atoms with Crippen LogP contribution >= 0.6 is 0 Å². The second-order valence-corrected chi connectivity index (χ2v) is 3.72. The molecule has 0 bridgehead atoms. The molecule has 1 N–H and O–H groups in total. The maximum atomic E-state index is 5.33. The number of aromatic nitrogens is 4. The van der Waals surface area contributed by atoms with E-state index in [1.165, 1.54) is 0 Å². The fourth-order valence-electron chi connectivity index (χ4n) is 1.67. The zero-order chi connectivity index (χ0) is 11.7. The number of hydrogen-bond donors (Lipinski definition) is 1. The zero-order valence-corrected chi connectivity index (χ0v) is 9.24. The van der Waals surface area contributed by atoms with Crippen LogP contribution < -0.4 is 5.32 Å². The highest BCUT2D eigenvalue weighted by atomic mass is 16.3. The van der Waals surface area contributed by atoms with Gasteiger partial charge in [0.2, 0.25) is 5.65 Å². The molecule has 0 amide bonds. The third-order valence-corrected chi connectivity index (χ3v) is 2.54. The lowest BCUT2D eigenvalue weighted by molar-refractivity contribution is 0.490. The van der Waals surface area contributed by atoms with Crippen LogP contribution in [0.3, 0.4) is 0 Å². The lowest BCUT2D eigenvalue weighted by Gasteiger charge is -2.11. The summed E-state index contributed by atoms with van der Waals surface area (Å²) in [6.07, 6.45) is 6.80. The van der Waals surface area contributed by atoms with Crippen LogP contribution in [-0.2, 0) is 0 Å². The lowest BCUT2D eigenvalue weighted by atomic mass is 10.2. The fourth-order valence-corrected chi connectivity index (χ4v) is 1.67. The molecule has 0 aromatic carbocycles. The van der Waals surface area contributed by atoms with Gasteiger partial charge in [-0.1, -0.05) is 0 Å². The lowest BCUT2D eigenvalue weighted by Crippen LogP contribution is -2.08. The van der Waals surface area contributed by atoms with E-state index in [0.29, 0.717) is 11.5 Å². The Balaban J connectivity index is 1.92. The number of furan rings is 1. The quantitative estimate of drug-likeness (QED) is 0.742. The van der Waals surface area contributed by atoms with Crippen molar-refractivity contribution >= 4 is 11.5 Å². The predicted molar refractivity (Wildman–Crippen MR) is 61.5 cm³/mol. The van der Waals surface area contributed by atoms with Crippen molar-refractivity contribution in [2.75, 3.05) is 5.32 Å². The van der Waals surface area contributed by atoms with E-state index in [9.17, 15) is 0 Å². The fraction of sp³-hybridized carbons (Fsp3) is 0.182. The topological polar surface area (TPSA) is 68.2 Å². The molecule has 1 atom stereocenters. The molecule has 6 heteroatoms. The first-order chi connectivity index (χ1) is 8.34. The highest BCUT2D eigenvalue weighted by Crippen LogP contribution is 2.19. The van der Waals surface area contributed by atoms with Gasteiger partial charge in [0.25, 0.3) is 0 Å². The molecule has 3 aromatic heterocycles. The first-order valence-corrected chi connectivity index (χ1v) is 5.29. The van der Waals surface area contributed by atoms with Gasteiger partial charge < -0.3 is 9.73 Å². The second-order valence-electron chi connectivity index (χ2n) is 3.72. The summed E-state index contributed by atoms with van der Waals surface area (Å²) < 4.78 is 7.14. The molecular weight excluding hydrogens is 218 g/mol. The Morgan fingerprint density at radius 1 is 1.47 bits per heavy atom. The molecule has 6 nitrogen and oxygen atoms in total. The molecule has 17 heavy (non-hydrogen) atoms. The minimum atomic E-state index is 0.0281. The number of nitrogens with zero attached hydrogens (tertiary/aromatic N) is 4. The maximum absolute atomic E-state index is 5.33. The summed E-state index contributed by atoms with van der Waals surface area (Å²) in [5.74, 6) is 1.54. The SMILES string of the molecule is CC(Nc1nccn2cnnc12)c1ccco1. The van der Waals surface area contributed by atoms with Crippen molar-refractivity contribution in [2.45, 2.75) is 13.0 Å². The van der Waals surface area contributed by atoms with Crippen molar-refractivity contribution in [2.24, 2.45) is 0 Å². The average molecular weight is 229 g/mol. The van der Waals surface area contributed by atoms with Crippen molar-refractivity contribution in [3.05, 3.63) is 42.9 Å². The highest BCUT2D eigenvalue weighted by Gasteiger charge is 2.11.